The Hall–Kier alpha value is -0.960. The van der Waals surface area contributed by atoms with Gasteiger partial charge in [0.1, 0.15) is 17.2 Å². The Morgan fingerprint density at radius 1 is 1.45 bits per heavy atom. The monoisotopic (exact) mass is 329 g/mol. The Labute approximate surface area is 130 Å². The average Bonchev–Trinajstić information content (AvgIpc) is 3.11. The summed E-state index contributed by atoms with van der Waals surface area (Å²) >= 11 is 0. The third kappa shape index (κ3) is 3.68. The summed E-state index contributed by atoms with van der Waals surface area (Å²) in [5, 5.41) is 13.4. The van der Waals surface area contributed by atoms with Gasteiger partial charge in [0.05, 0.1) is 6.10 Å². The van der Waals surface area contributed by atoms with Crippen molar-refractivity contribution in [2.45, 2.75) is 56.5 Å². The molecular formula is C14H23N3O4S. The predicted molar refractivity (Wildman–Crippen MR) is 80.6 cm³/mol. The highest BCUT2D eigenvalue weighted by Crippen LogP contribution is 2.28. The number of β-amino-alcohol motifs (C(OH)–C–C–N with tert-alkyl or cyclic N) is 1. The summed E-state index contributed by atoms with van der Waals surface area (Å²) < 4.78 is 32.4. The van der Waals surface area contributed by atoms with Crippen molar-refractivity contribution in [1.29, 1.82) is 0 Å². The van der Waals surface area contributed by atoms with Crippen LogP contribution in [0.5, 0.6) is 0 Å². The van der Waals surface area contributed by atoms with Crippen LogP contribution in [0.25, 0.3) is 0 Å². The van der Waals surface area contributed by atoms with E-state index in [2.05, 4.69) is 14.8 Å². The second-order valence-corrected chi connectivity index (χ2v) is 8.10. The van der Waals surface area contributed by atoms with Gasteiger partial charge in [0.2, 0.25) is 10.0 Å². The van der Waals surface area contributed by atoms with Gasteiger partial charge in [0.25, 0.3) is 0 Å². The van der Waals surface area contributed by atoms with Gasteiger partial charge in [-0.25, -0.2) is 13.1 Å². The van der Waals surface area contributed by atoms with Crippen molar-refractivity contribution in [1.82, 2.24) is 14.8 Å². The molecule has 3 atom stereocenters. The lowest BCUT2D eigenvalue weighted by Gasteiger charge is -2.29. The molecule has 1 unspecified atom stereocenters. The van der Waals surface area contributed by atoms with Gasteiger partial charge in [-0.1, -0.05) is 11.6 Å². The fraction of sp³-hybridized carbons (Fsp3) is 0.786. The lowest BCUT2D eigenvalue weighted by Crippen LogP contribution is -2.48. The van der Waals surface area contributed by atoms with E-state index in [9.17, 15) is 13.5 Å². The molecule has 0 aromatic carbocycles. The van der Waals surface area contributed by atoms with Crippen molar-refractivity contribution in [3.05, 3.63) is 17.5 Å². The Bertz CT molecular complexity index is 615. The second kappa shape index (κ2) is 6.27. The summed E-state index contributed by atoms with van der Waals surface area (Å²) in [6.45, 7) is 3.22. The summed E-state index contributed by atoms with van der Waals surface area (Å²) in [6, 6.07) is 1.75. The van der Waals surface area contributed by atoms with Gasteiger partial charge >= 0.3 is 0 Å². The minimum absolute atomic E-state index is 0.0803. The molecule has 2 N–H and O–H groups in total. The maximum absolute atomic E-state index is 12.3. The van der Waals surface area contributed by atoms with Crippen LogP contribution in [0.1, 0.15) is 37.1 Å². The molecular weight excluding hydrogens is 306 g/mol. The molecule has 7 nitrogen and oxygen atoms in total. The van der Waals surface area contributed by atoms with Crippen LogP contribution >= 0.6 is 0 Å². The summed E-state index contributed by atoms with van der Waals surface area (Å²) in [6.07, 6.45) is 3.31. The molecule has 3 rings (SSSR count). The number of sulfonamides is 1. The largest absolute Gasteiger partial charge is 0.392 e. The molecule has 2 heterocycles. The number of hydrogen-bond donors (Lipinski definition) is 2. The van der Waals surface area contributed by atoms with E-state index in [0.717, 1.165) is 32.2 Å². The quantitative estimate of drug-likeness (QED) is 0.811. The van der Waals surface area contributed by atoms with Crippen LogP contribution in [0.4, 0.5) is 0 Å². The van der Waals surface area contributed by atoms with E-state index in [1.807, 2.05) is 0 Å². The zero-order valence-corrected chi connectivity index (χ0v) is 13.6. The molecule has 0 radical (unpaired) electrons. The minimum Gasteiger partial charge on any atom is -0.392 e. The Kier molecular flexibility index (Phi) is 4.54. The zero-order valence-electron chi connectivity index (χ0n) is 12.7. The van der Waals surface area contributed by atoms with Gasteiger partial charge in [0, 0.05) is 31.2 Å². The van der Waals surface area contributed by atoms with E-state index in [1.54, 1.807) is 13.0 Å². The van der Waals surface area contributed by atoms with Gasteiger partial charge < -0.3 is 9.63 Å². The topological polar surface area (TPSA) is 95.7 Å². The molecule has 0 bridgehead atoms. The molecule has 124 valence electrons. The van der Waals surface area contributed by atoms with Crippen molar-refractivity contribution in [2.24, 2.45) is 0 Å². The van der Waals surface area contributed by atoms with Crippen LogP contribution in [0.2, 0.25) is 0 Å². The fourth-order valence-corrected chi connectivity index (χ4v) is 4.88. The highest BCUT2D eigenvalue weighted by Gasteiger charge is 2.37. The van der Waals surface area contributed by atoms with Gasteiger partial charge in [-0.05, 0) is 26.2 Å². The van der Waals surface area contributed by atoms with E-state index in [1.165, 1.54) is 0 Å². The smallest absolute Gasteiger partial charge is 0.217 e. The molecule has 22 heavy (non-hydrogen) atoms. The SMILES string of the molecule is Cc1cc(CS(=O)(=O)N[C@@H]2CCC[C@@H]2N2CCC(O)C2)no1. The highest BCUT2D eigenvalue weighted by molar-refractivity contribution is 7.88. The molecule has 8 heteroatoms. The van der Waals surface area contributed by atoms with Crippen LogP contribution in [0, 0.1) is 6.92 Å². The first-order valence-electron chi connectivity index (χ1n) is 7.77. The Morgan fingerprint density at radius 3 is 2.91 bits per heavy atom. The first kappa shape index (κ1) is 15.9. The molecule has 1 aliphatic heterocycles. The minimum atomic E-state index is -3.44. The van der Waals surface area contributed by atoms with Crippen molar-refractivity contribution in [2.75, 3.05) is 13.1 Å². The zero-order chi connectivity index (χ0) is 15.7. The summed E-state index contributed by atoms with van der Waals surface area (Å²) in [5.74, 6) is 0.450. The third-order valence-electron chi connectivity index (χ3n) is 4.49. The molecule has 0 spiro atoms. The summed E-state index contributed by atoms with van der Waals surface area (Å²) in [5.41, 5.74) is 0.427. The lowest BCUT2D eigenvalue weighted by atomic mass is 10.1. The van der Waals surface area contributed by atoms with Gasteiger partial charge in [0.15, 0.2) is 0 Å². The summed E-state index contributed by atoms with van der Waals surface area (Å²) in [7, 11) is -3.44. The molecule has 2 aliphatic rings. The second-order valence-electron chi connectivity index (χ2n) is 6.35. The molecule has 1 saturated heterocycles. The predicted octanol–water partition coefficient (Wildman–Crippen LogP) is 0.390. The number of rotatable bonds is 5. The third-order valence-corrected chi connectivity index (χ3v) is 5.83. The lowest BCUT2D eigenvalue weighted by molar-refractivity contribution is 0.153. The Morgan fingerprint density at radius 2 is 2.27 bits per heavy atom. The highest BCUT2D eigenvalue weighted by atomic mass is 32.2. The van der Waals surface area contributed by atoms with E-state index in [4.69, 9.17) is 4.52 Å². The van der Waals surface area contributed by atoms with Gasteiger partial charge in [-0.3, -0.25) is 4.90 Å². The number of aryl methyl sites for hydroxylation is 1. The molecule has 1 aromatic rings. The number of likely N-dealkylation sites (tertiary alicyclic amines) is 1. The number of aliphatic hydroxyl groups is 1. The number of hydrogen-bond acceptors (Lipinski definition) is 6. The standard InChI is InChI=1S/C14H23N3O4S/c1-10-7-11(15-21-10)9-22(19,20)16-13-3-2-4-14(13)17-6-5-12(18)8-17/h7,12-14,16,18H,2-6,8-9H2,1H3/t12?,13-,14+/m1/s1. The van der Waals surface area contributed by atoms with E-state index in [-0.39, 0.29) is 23.9 Å². The first-order valence-corrected chi connectivity index (χ1v) is 9.42. The maximum Gasteiger partial charge on any atom is 0.217 e. The molecule has 1 saturated carbocycles. The normalized spacial score (nSPS) is 30.2. The van der Waals surface area contributed by atoms with Crippen LogP contribution in [-0.4, -0.2) is 54.9 Å². The molecule has 2 fully saturated rings. The molecule has 1 aromatic heterocycles. The van der Waals surface area contributed by atoms with Crippen LogP contribution < -0.4 is 4.72 Å². The van der Waals surface area contributed by atoms with Gasteiger partial charge in [-0.2, -0.15) is 0 Å². The van der Waals surface area contributed by atoms with E-state index < -0.39 is 10.0 Å². The van der Waals surface area contributed by atoms with Crippen molar-refractivity contribution in [3.8, 4) is 0 Å². The number of nitrogens with one attached hydrogen (secondary N) is 1. The van der Waals surface area contributed by atoms with E-state index >= 15 is 0 Å². The van der Waals surface area contributed by atoms with E-state index in [0.29, 0.717) is 18.0 Å². The van der Waals surface area contributed by atoms with Crippen molar-refractivity contribution < 1.29 is 18.0 Å². The summed E-state index contributed by atoms with van der Waals surface area (Å²) in [4.78, 5) is 2.21. The maximum atomic E-state index is 12.3. The first-order chi connectivity index (χ1) is 10.4. The number of aromatic nitrogens is 1. The number of aliphatic hydroxyl groups excluding tert-OH is 1. The van der Waals surface area contributed by atoms with Crippen molar-refractivity contribution >= 4 is 10.0 Å². The average molecular weight is 329 g/mol. The van der Waals surface area contributed by atoms with Crippen LogP contribution in [0.15, 0.2) is 10.6 Å². The van der Waals surface area contributed by atoms with Crippen LogP contribution in [0.3, 0.4) is 0 Å². The fourth-order valence-electron chi connectivity index (χ4n) is 3.54. The molecule has 1 aliphatic carbocycles. The van der Waals surface area contributed by atoms with Gasteiger partial charge in [-0.15, -0.1) is 0 Å². The number of nitrogens with zero attached hydrogens (tertiary/aromatic N) is 2. The van der Waals surface area contributed by atoms with Crippen LogP contribution in [-0.2, 0) is 15.8 Å². The Balaban J connectivity index is 1.63. The van der Waals surface area contributed by atoms with Crippen molar-refractivity contribution in [3.63, 3.8) is 0 Å². The molecule has 0 amide bonds.